The average Bonchev–Trinajstić information content (AvgIpc) is 3.23. The van der Waals surface area contributed by atoms with Crippen molar-refractivity contribution in [3.8, 4) is 11.3 Å². The van der Waals surface area contributed by atoms with E-state index in [9.17, 15) is 9.59 Å². The number of rotatable bonds is 8. The molecule has 1 amide bonds. The van der Waals surface area contributed by atoms with Crippen molar-refractivity contribution in [1.82, 2.24) is 14.7 Å². The fourth-order valence-electron chi connectivity index (χ4n) is 3.76. The molecule has 0 aliphatic rings. The van der Waals surface area contributed by atoms with Crippen LogP contribution in [-0.4, -0.2) is 34.9 Å². The number of benzene rings is 2. The van der Waals surface area contributed by atoms with Crippen molar-refractivity contribution in [3.63, 3.8) is 0 Å². The lowest BCUT2D eigenvalue weighted by Gasteiger charge is -2.10. The summed E-state index contributed by atoms with van der Waals surface area (Å²) in [5, 5.41) is 6.08. The number of fused-ring (bicyclic) bond motifs is 1. The van der Waals surface area contributed by atoms with Crippen molar-refractivity contribution < 1.29 is 14.3 Å². The predicted octanol–water partition coefficient (Wildman–Crippen LogP) is 3.28. The zero-order chi connectivity index (χ0) is 24.1. The molecule has 4 N–H and O–H groups in total. The second-order valence-corrected chi connectivity index (χ2v) is 7.90. The van der Waals surface area contributed by atoms with Gasteiger partial charge in [0, 0.05) is 30.4 Å². The third kappa shape index (κ3) is 4.92. The molecule has 2 heterocycles. The number of aromatic nitrogens is 2. The van der Waals surface area contributed by atoms with E-state index < -0.39 is 0 Å². The first-order valence-corrected chi connectivity index (χ1v) is 10.9. The van der Waals surface area contributed by atoms with Gasteiger partial charge < -0.3 is 21.1 Å². The van der Waals surface area contributed by atoms with Crippen LogP contribution in [0, 0.1) is 6.92 Å². The van der Waals surface area contributed by atoms with Crippen molar-refractivity contribution >= 4 is 23.3 Å². The number of hydrogen-bond donors (Lipinski definition) is 3. The number of carbonyl (C=O) groups excluding carboxylic acids is 2. The number of anilines is 1. The lowest BCUT2D eigenvalue weighted by Crippen LogP contribution is -2.23. The molecule has 0 aliphatic heterocycles. The topological polar surface area (TPSA) is 111 Å². The zero-order valence-electron chi connectivity index (χ0n) is 19.2. The van der Waals surface area contributed by atoms with Crippen molar-refractivity contribution in [1.29, 1.82) is 0 Å². The van der Waals surface area contributed by atoms with Crippen LogP contribution in [0.15, 0.2) is 66.9 Å². The van der Waals surface area contributed by atoms with Crippen molar-refractivity contribution in [2.45, 2.75) is 20.0 Å². The third-order valence-corrected chi connectivity index (χ3v) is 5.60. The van der Waals surface area contributed by atoms with Gasteiger partial charge in [-0.05, 0) is 35.7 Å². The lowest BCUT2D eigenvalue weighted by atomic mass is 10.1. The molecule has 0 fully saturated rings. The molecule has 4 rings (SSSR count). The minimum atomic E-state index is -0.389. The average molecular weight is 458 g/mol. The quantitative estimate of drug-likeness (QED) is 0.350. The molecule has 0 bridgehead atoms. The molecular weight excluding hydrogens is 430 g/mol. The summed E-state index contributed by atoms with van der Waals surface area (Å²) in [4.78, 5) is 29.4. The van der Waals surface area contributed by atoms with Crippen LogP contribution in [0.2, 0.25) is 0 Å². The van der Waals surface area contributed by atoms with Gasteiger partial charge in [0.15, 0.2) is 0 Å². The van der Waals surface area contributed by atoms with Crippen LogP contribution in [0.5, 0.6) is 0 Å². The predicted molar refractivity (Wildman–Crippen MR) is 131 cm³/mol. The van der Waals surface area contributed by atoms with E-state index in [4.69, 9.17) is 15.5 Å². The number of methoxy groups -OCH3 is 1. The molecule has 0 atom stereocenters. The monoisotopic (exact) mass is 457 g/mol. The Morgan fingerprint density at radius 3 is 2.62 bits per heavy atom. The standard InChI is InChI=1S/C26H27N5O3/c1-17-6-3-4-9-21(17)24-25(28-16-23(32)34-2)31-11-10-20(13-22(31)30-24)26(33)29-15-19-8-5-7-18(12-19)14-27/h3-13,28H,14-16,27H2,1-2H3,(H,29,33). The number of esters is 1. The number of nitrogens with two attached hydrogens (primary N) is 1. The number of ether oxygens (including phenoxy) is 1. The number of aryl methyl sites for hydroxylation is 1. The second-order valence-electron chi connectivity index (χ2n) is 7.90. The first-order chi connectivity index (χ1) is 16.5. The van der Waals surface area contributed by atoms with Gasteiger partial charge in [0.2, 0.25) is 0 Å². The molecule has 0 saturated heterocycles. The highest BCUT2D eigenvalue weighted by Crippen LogP contribution is 2.31. The number of nitrogens with zero attached hydrogens (tertiary/aromatic N) is 2. The summed E-state index contributed by atoms with van der Waals surface area (Å²) in [5.74, 6) is 0.0609. The van der Waals surface area contributed by atoms with Gasteiger partial charge in [-0.15, -0.1) is 0 Å². The maximum absolute atomic E-state index is 12.8. The SMILES string of the molecule is COC(=O)CNc1c(-c2ccccc2C)nc2cc(C(=O)NCc3cccc(CN)c3)ccn12. The highest BCUT2D eigenvalue weighted by molar-refractivity contribution is 5.95. The summed E-state index contributed by atoms with van der Waals surface area (Å²) < 4.78 is 6.59. The van der Waals surface area contributed by atoms with Crippen molar-refractivity contribution in [2.24, 2.45) is 5.73 Å². The van der Waals surface area contributed by atoms with Gasteiger partial charge in [-0.25, -0.2) is 4.98 Å². The van der Waals surface area contributed by atoms with Crippen LogP contribution in [-0.2, 0) is 22.6 Å². The van der Waals surface area contributed by atoms with Crippen molar-refractivity contribution in [2.75, 3.05) is 19.0 Å². The smallest absolute Gasteiger partial charge is 0.325 e. The van der Waals surface area contributed by atoms with Crippen LogP contribution in [0.4, 0.5) is 5.82 Å². The molecule has 2 aromatic carbocycles. The maximum atomic E-state index is 12.8. The number of imidazole rings is 1. The molecule has 0 aliphatic carbocycles. The fraction of sp³-hybridized carbons (Fsp3) is 0.192. The van der Waals surface area contributed by atoms with E-state index in [1.54, 1.807) is 18.3 Å². The maximum Gasteiger partial charge on any atom is 0.325 e. The number of carbonyl (C=O) groups is 2. The van der Waals surface area contributed by atoms with Gasteiger partial charge >= 0.3 is 5.97 Å². The Kier molecular flexibility index (Phi) is 6.89. The van der Waals surface area contributed by atoms with Gasteiger partial charge in [0.05, 0.1) is 7.11 Å². The van der Waals surface area contributed by atoms with Crippen LogP contribution in [0.1, 0.15) is 27.0 Å². The molecule has 34 heavy (non-hydrogen) atoms. The van der Waals surface area contributed by atoms with E-state index in [1.165, 1.54) is 7.11 Å². The molecule has 2 aromatic heterocycles. The molecule has 0 radical (unpaired) electrons. The Morgan fingerprint density at radius 1 is 1.06 bits per heavy atom. The van der Waals surface area contributed by atoms with Gasteiger partial charge in [-0.3, -0.25) is 14.0 Å². The number of amides is 1. The van der Waals surface area contributed by atoms with Crippen molar-refractivity contribution in [3.05, 3.63) is 89.1 Å². The summed E-state index contributed by atoms with van der Waals surface area (Å²) in [6, 6.07) is 19.1. The largest absolute Gasteiger partial charge is 0.468 e. The van der Waals surface area contributed by atoms with E-state index in [0.29, 0.717) is 35.8 Å². The Balaban J connectivity index is 1.64. The Labute approximate surface area is 197 Å². The summed E-state index contributed by atoms with van der Waals surface area (Å²) in [6.07, 6.45) is 1.77. The molecule has 0 saturated carbocycles. The van der Waals surface area contributed by atoms with E-state index in [-0.39, 0.29) is 18.4 Å². The zero-order valence-corrected chi connectivity index (χ0v) is 19.2. The minimum Gasteiger partial charge on any atom is -0.468 e. The fourth-order valence-corrected chi connectivity index (χ4v) is 3.76. The van der Waals surface area contributed by atoms with Gasteiger partial charge in [0.25, 0.3) is 5.91 Å². The number of hydrogen-bond acceptors (Lipinski definition) is 6. The highest BCUT2D eigenvalue weighted by atomic mass is 16.5. The molecule has 4 aromatic rings. The molecule has 8 nitrogen and oxygen atoms in total. The normalized spacial score (nSPS) is 10.8. The summed E-state index contributed by atoms with van der Waals surface area (Å²) in [6.45, 7) is 2.84. The van der Waals surface area contributed by atoms with E-state index >= 15 is 0 Å². The third-order valence-electron chi connectivity index (χ3n) is 5.60. The highest BCUT2D eigenvalue weighted by Gasteiger charge is 2.18. The number of nitrogens with one attached hydrogen (secondary N) is 2. The Morgan fingerprint density at radius 2 is 1.85 bits per heavy atom. The first kappa shape index (κ1) is 23.0. The van der Waals surface area contributed by atoms with Crippen LogP contribution < -0.4 is 16.4 Å². The summed E-state index contributed by atoms with van der Waals surface area (Å²) >= 11 is 0. The van der Waals surface area contributed by atoms with Crippen LogP contribution >= 0.6 is 0 Å². The molecular formula is C26H27N5O3. The van der Waals surface area contributed by atoms with Crippen LogP contribution in [0.3, 0.4) is 0 Å². The molecule has 174 valence electrons. The van der Waals surface area contributed by atoms with Gasteiger partial charge in [0.1, 0.15) is 23.7 Å². The van der Waals surface area contributed by atoms with E-state index in [2.05, 4.69) is 10.6 Å². The summed E-state index contributed by atoms with van der Waals surface area (Å²) in [7, 11) is 1.35. The van der Waals surface area contributed by atoms with E-state index in [1.807, 2.05) is 59.9 Å². The van der Waals surface area contributed by atoms with Crippen LogP contribution in [0.25, 0.3) is 16.9 Å². The lowest BCUT2D eigenvalue weighted by molar-refractivity contribution is -0.138. The summed E-state index contributed by atoms with van der Waals surface area (Å²) in [5.41, 5.74) is 11.4. The minimum absolute atomic E-state index is 0.00667. The molecule has 0 unspecified atom stereocenters. The molecule has 8 heteroatoms. The molecule has 0 spiro atoms. The first-order valence-electron chi connectivity index (χ1n) is 10.9. The second kappa shape index (κ2) is 10.2. The van der Waals surface area contributed by atoms with E-state index in [0.717, 1.165) is 22.3 Å². The van der Waals surface area contributed by atoms with Gasteiger partial charge in [-0.2, -0.15) is 0 Å². The van der Waals surface area contributed by atoms with Gasteiger partial charge in [-0.1, -0.05) is 48.5 Å². The Hall–Kier alpha value is -4.17. The number of pyridine rings is 1. The Bertz CT molecular complexity index is 1350.